The van der Waals surface area contributed by atoms with Crippen LogP contribution in [0, 0.1) is 6.92 Å². The van der Waals surface area contributed by atoms with Gasteiger partial charge in [0, 0.05) is 22.3 Å². The highest BCUT2D eigenvalue weighted by atomic mass is 79.9. The Balaban J connectivity index is 2.13. The second kappa shape index (κ2) is 7.49. The van der Waals surface area contributed by atoms with Crippen molar-refractivity contribution >= 4 is 31.7 Å². The molecule has 4 nitrogen and oxygen atoms in total. The van der Waals surface area contributed by atoms with Gasteiger partial charge in [-0.2, -0.15) is 0 Å². The lowest BCUT2D eigenvalue weighted by atomic mass is 10.1. The lowest BCUT2D eigenvalue weighted by molar-refractivity contribution is 0.0939. The fourth-order valence-corrected chi connectivity index (χ4v) is 3.31. The molecule has 0 aliphatic rings. The third-order valence-corrected chi connectivity index (χ3v) is 5.35. The topological polar surface area (TPSA) is 63.2 Å². The van der Waals surface area contributed by atoms with E-state index in [1.807, 2.05) is 31.2 Å². The number of benzene rings is 2. The van der Waals surface area contributed by atoms with E-state index in [-0.39, 0.29) is 16.8 Å². The van der Waals surface area contributed by atoms with Gasteiger partial charge in [0.15, 0.2) is 9.84 Å². The zero-order valence-electron chi connectivity index (χ0n) is 13.8. The van der Waals surface area contributed by atoms with Crippen LogP contribution in [0.4, 0.5) is 0 Å². The summed E-state index contributed by atoms with van der Waals surface area (Å²) in [5, 5.41) is 2.93. The van der Waals surface area contributed by atoms with E-state index in [0.29, 0.717) is 12.0 Å². The van der Waals surface area contributed by atoms with Crippen LogP contribution in [0.1, 0.15) is 28.4 Å². The second-order valence-corrected chi connectivity index (χ2v) is 8.89. The van der Waals surface area contributed by atoms with Crippen LogP contribution in [-0.4, -0.2) is 26.6 Å². The Bertz CT molecular complexity index is 845. The van der Waals surface area contributed by atoms with E-state index >= 15 is 0 Å². The van der Waals surface area contributed by atoms with Crippen molar-refractivity contribution in [3.63, 3.8) is 0 Å². The fraction of sp³-hybridized carbons (Fsp3) is 0.278. The van der Waals surface area contributed by atoms with Gasteiger partial charge in [-0.25, -0.2) is 8.42 Å². The van der Waals surface area contributed by atoms with Gasteiger partial charge in [-0.15, -0.1) is 0 Å². The molecule has 2 aromatic rings. The molecule has 1 N–H and O–H groups in total. The summed E-state index contributed by atoms with van der Waals surface area (Å²) in [7, 11) is -3.34. The van der Waals surface area contributed by atoms with Gasteiger partial charge >= 0.3 is 0 Å². The normalized spacial score (nSPS) is 12.7. The van der Waals surface area contributed by atoms with Crippen molar-refractivity contribution in [2.45, 2.75) is 31.2 Å². The van der Waals surface area contributed by atoms with Crippen molar-refractivity contribution < 1.29 is 13.2 Å². The van der Waals surface area contributed by atoms with E-state index in [9.17, 15) is 13.2 Å². The highest BCUT2D eigenvalue weighted by molar-refractivity contribution is 9.10. The van der Waals surface area contributed by atoms with Crippen molar-refractivity contribution in [2.24, 2.45) is 0 Å². The third kappa shape index (κ3) is 4.92. The Labute approximate surface area is 151 Å². The van der Waals surface area contributed by atoms with Crippen LogP contribution in [0.15, 0.2) is 51.8 Å². The van der Waals surface area contributed by atoms with E-state index in [0.717, 1.165) is 21.9 Å². The fourth-order valence-electron chi connectivity index (χ4n) is 2.40. The Morgan fingerprint density at radius 1 is 1.17 bits per heavy atom. The zero-order valence-corrected chi connectivity index (χ0v) is 16.2. The standard InChI is InChI=1S/C18H20BrNO3S/c1-12-4-9-16(24(3,22)23)11-17(12)18(21)20-13(2)10-14-5-7-15(19)8-6-14/h4-9,11,13H,10H2,1-3H3,(H,20,21). The zero-order chi connectivity index (χ0) is 17.9. The van der Waals surface area contributed by atoms with Crippen LogP contribution >= 0.6 is 15.9 Å². The molecular formula is C18H20BrNO3S. The molecule has 24 heavy (non-hydrogen) atoms. The summed E-state index contributed by atoms with van der Waals surface area (Å²) < 4.78 is 24.4. The van der Waals surface area contributed by atoms with Gasteiger partial charge in [0.05, 0.1) is 4.90 Å². The molecule has 0 saturated heterocycles. The highest BCUT2D eigenvalue weighted by Gasteiger charge is 2.16. The van der Waals surface area contributed by atoms with Gasteiger partial charge in [0.25, 0.3) is 5.91 Å². The first-order valence-corrected chi connectivity index (χ1v) is 10.2. The first kappa shape index (κ1) is 18.7. The van der Waals surface area contributed by atoms with Crippen LogP contribution in [0.25, 0.3) is 0 Å². The molecule has 0 bridgehead atoms. The average molecular weight is 410 g/mol. The minimum Gasteiger partial charge on any atom is -0.349 e. The number of carbonyl (C=O) groups excluding carboxylic acids is 1. The Morgan fingerprint density at radius 3 is 2.38 bits per heavy atom. The van der Waals surface area contributed by atoms with Crippen LogP contribution < -0.4 is 5.32 Å². The summed E-state index contributed by atoms with van der Waals surface area (Å²) in [6, 6.07) is 12.5. The largest absolute Gasteiger partial charge is 0.349 e. The molecule has 6 heteroatoms. The van der Waals surface area contributed by atoms with E-state index in [1.54, 1.807) is 13.0 Å². The van der Waals surface area contributed by atoms with Crippen molar-refractivity contribution in [3.05, 3.63) is 63.6 Å². The number of carbonyl (C=O) groups is 1. The molecule has 0 aliphatic heterocycles. The van der Waals surface area contributed by atoms with Gasteiger partial charge in [0.1, 0.15) is 0 Å². The molecule has 0 spiro atoms. The van der Waals surface area contributed by atoms with Crippen LogP contribution in [0.3, 0.4) is 0 Å². The van der Waals surface area contributed by atoms with Crippen LogP contribution in [0.5, 0.6) is 0 Å². The molecule has 0 radical (unpaired) electrons. The summed E-state index contributed by atoms with van der Waals surface area (Å²) in [5.41, 5.74) is 2.25. The second-order valence-electron chi connectivity index (χ2n) is 5.95. The van der Waals surface area contributed by atoms with Gasteiger partial charge in [0.2, 0.25) is 0 Å². The number of halogens is 1. The van der Waals surface area contributed by atoms with E-state index in [1.165, 1.54) is 12.1 Å². The number of hydrogen-bond donors (Lipinski definition) is 1. The van der Waals surface area contributed by atoms with Gasteiger partial charge < -0.3 is 5.32 Å². The van der Waals surface area contributed by atoms with Crippen molar-refractivity contribution in [1.82, 2.24) is 5.32 Å². The van der Waals surface area contributed by atoms with Crippen molar-refractivity contribution in [3.8, 4) is 0 Å². The molecular weight excluding hydrogens is 390 g/mol. The number of hydrogen-bond acceptors (Lipinski definition) is 3. The maximum absolute atomic E-state index is 12.5. The SMILES string of the molecule is Cc1ccc(S(C)(=O)=O)cc1C(=O)NC(C)Cc1ccc(Br)cc1. The predicted octanol–water partition coefficient (Wildman–Crippen LogP) is 3.52. The lowest BCUT2D eigenvalue weighted by Gasteiger charge is -2.15. The maximum atomic E-state index is 12.5. The molecule has 0 fully saturated rings. The minimum atomic E-state index is -3.34. The maximum Gasteiger partial charge on any atom is 0.251 e. The Hall–Kier alpha value is -1.66. The Morgan fingerprint density at radius 2 is 1.79 bits per heavy atom. The number of amides is 1. The molecule has 0 heterocycles. The van der Waals surface area contributed by atoms with Crippen molar-refractivity contribution in [2.75, 3.05) is 6.26 Å². The van der Waals surface area contributed by atoms with Crippen LogP contribution in [-0.2, 0) is 16.3 Å². The molecule has 0 aliphatic carbocycles. The van der Waals surface area contributed by atoms with E-state index in [4.69, 9.17) is 0 Å². The molecule has 1 atom stereocenters. The minimum absolute atomic E-state index is 0.0695. The summed E-state index contributed by atoms with van der Waals surface area (Å²) in [6.07, 6.45) is 1.83. The first-order valence-electron chi connectivity index (χ1n) is 7.53. The molecule has 1 amide bonds. The number of sulfone groups is 1. The van der Waals surface area contributed by atoms with Gasteiger partial charge in [-0.1, -0.05) is 34.1 Å². The predicted molar refractivity (Wildman–Crippen MR) is 99.1 cm³/mol. The number of nitrogens with one attached hydrogen (secondary N) is 1. The molecule has 2 aromatic carbocycles. The number of aryl methyl sites for hydroxylation is 1. The summed E-state index contributed by atoms with van der Waals surface area (Å²) in [6.45, 7) is 3.72. The molecule has 1 unspecified atom stereocenters. The summed E-state index contributed by atoms with van der Waals surface area (Å²) in [5.74, 6) is -0.261. The average Bonchev–Trinajstić information content (AvgIpc) is 2.48. The smallest absolute Gasteiger partial charge is 0.251 e. The lowest BCUT2D eigenvalue weighted by Crippen LogP contribution is -2.34. The van der Waals surface area contributed by atoms with Gasteiger partial charge in [-0.3, -0.25) is 4.79 Å². The monoisotopic (exact) mass is 409 g/mol. The molecule has 2 rings (SSSR count). The first-order chi connectivity index (χ1) is 11.2. The van der Waals surface area contributed by atoms with E-state index in [2.05, 4.69) is 21.2 Å². The number of rotatable bonds is 5. The van der Waals surface area contributed by atoms with Crippen LogP contribution in [0.2, 0.25) is 0 Å². The van der Waals surface area contributed by atoms with E-state index < -0.39 is 9.84 Å². The van der Waals surface area contributed by atoms with Gasteiger partial charge in [-0.05, 0) is 55.7 Å². The third-order valence-electron chi connectivity index (χ3n) is 3.71. The highest BCUT2D eigenvalue weighted by Crippen LogP contribution is 2.16. The molecule has 128 valence electrons. The summed E-state index contributed by atoms with van der Waals surface area (Å²) >= 11 is 3.39. The quantitative estimate of drug-likeness (QED) is 0.821. The molecule has 0 saturated carbocycles. The Kier molecular flexibility index (Phi) is 5.83. The molecule has 0 aromatic heterocycles. The van der Waals surface area contributed by atoms with Crippen molar-refractivity contribution in [1.29, 1.82) is 0 Å². The summed E-state index contributed by atoms with van der Waals surface area (Å²) in [4.78, 5) is 12.6.